The number of nitrogens with one attached hydrogen (secondary N) is 1. The van der Waals surface area contributed by atoms with Crippen molar-refractivity contribution >= 4 is 17.5 Å². The smallest absolute Gasteiger partial charge is 0.344 e. The Bertz CT molecular complexity index is 1110. The molecule has 0 saturated carbocycles. The minimum atomic E-state index is -0.726. The van der Waals surface area contributed by atoms with Crippen molar-refractivity contribution in [1.82, 2.24) is 19.7 Å². The van der Waals surface area contributed by atoms with E-state index in [4.69, 9.17) is 11.6 Å². The van der Waals surface area contributed by atoms with E-state index < -0.39 is 17.2 Å². The zero-order chi connectivity index (χ0) is 20.3. The highest BCUT2D eigenvalue weighted by Gasteiger charge is 2.21. The van der Waals surface area contributed by atoms with Crippen molar-refractivity contribution in [3.05, 3.63) is 91.7 Å². The quantitative estimate of drug-likeness (QED) is 0.715. The highest BCUT2D eigenvalue weighted by atomic mass is 35.5. The number of halogens is 1. The molecule has 0 aliphatic carbocycles. The van der Waals surface area contributed by atoms with Crippen molar-refractivity contribution in [1.29, 1.82) is 0 Å². The van der Waals surface area contributed by atoms with Crippen molar-refractivity contribution < 1.29 is 4.79 Å². The SMILES string of the molecule is CCn1c(=O)c(C(=O)N[C@H](C)c2ccccc2)nn(-c2ccc(Cl)cc2)c1=O. The molecule has 1 heterocycles. The van der Waals surface area contributed by atoms with Gasteiger partial charge in [0.1, 0.15) is 0 Å². The number of carbonyl (C=O) groups is 1. The first-order valence-corrected chi connectivity index (χ1v) is 9.16. The Morgan fingerprint density at radius 2 is 1.75 bits per heavy atom. The lowest BCUT2D eigenvalue weighted by Crippen LogP contribution is -2.45. The summed E-state index contributed by atoms with van der Waals surface area (Å²) in [6, 6.07) is 15.4. The molecule has 1 atom stereocenters. The maximum Gasteiger partial charge on any atom is 0.352 e. The normalized spacial score (nSPS) is 11.8. The van der Waals surface area contributed by atoms with Gasteiger partial charge >= 0.3 is 5.69 Å². The number of benzene rings is 2. The Kier molecular flexibility index (Phi) is 5.75. The molecule has 3 aromatic rings. The van der Waals surface area contributed by atoms with E-state index in [0.717, 1.165) is 14.8 Å². The fraction of sp³-hybridized carbons (Fsp3) is 0.200. The molecule has 1 N–H and O–H groups in total. The van der Waals surface area contributed by atoms with Crippen LogP contribution in [0.1, 0.15) is 35.9 Å². The second-order valence-corrected chi connectivity index (χ2v) is 6.61. The van der Waals surface area contributed by atoms with Crippen LogP contribution in [0.25, 0.3) is 5.69 Å². The number of nitrogens with zero attached hydrogens (tertiary/aromatic N) is 3. The molecule has 0 fully saturated rings. The number of hydrogen-bond donors (Lipinski definition) is 1. The fourth-order valence-corrected chi connectivity index (χ4v) is 2.90. The number of aromatic nitrogens is 3. The lowest BCUT2D eigenvalue weighted by molar-refractivity contribution is 0.0930. The molecule has 1 aromatic heterocycles. The van der Waals surface area contributed by atoms with Gasteiger partial charge < -0.3 is 5.32 Å². The van der Waals surface area contributed by atoms with Crippen LogP contribution in [0, 0.1) is 0 Å². The number of carbonyl (C=O) groups excluding carboxylic acids is 1. The molecule has 0 saturated heterocycles. The molecular weight excluding hydrogens is 380 g/mol. The van der Waals surface area contributed by atoms with Crippen LogP contribution >= 0.6 is 11.6 Å². The van der Waals surface area contributed by atoms with Crippen molar-refractivity contribution in [2.45, 2.75) is 26.4 Å². The molecule has 8 heteroatoms. The summed E-state index contributed by atoms with van der Waals surface area (Å²) >= 11 is 5.89. The van der Waals surface area contributed by atoms with E-state index >= 15 is 0 Å². The molecular formula is C20H19ClN4O3. The molecule has 0 aliphatic heterocycles. The summed E-state index contributed by atoms with van der Waals surface area (Å²) in [6.45, 7) is 3.58. The summed E-state index contributed by atoms with van der Waals surface area (Å²) in [5.41, 5.74) is -0.406. The molecule has 0 radical (unpaired) electrons. The standard InChI is InChI=1S/C20H19ClN4O3/c1-3-24-19(27)17(18(26)22-13(2)14-7-5-4-6-8-14)23-25(20(24)28)16-11-9-15(21)10-12-16/h4-13H,3H2,1-2H3,(H,22,26)/t13-/m1/s1. The predicted octanol–water partition coefficient (Wildman–Crippen LogP) is 2.56. The molecule has 0 bridgehead atoms. The van der Waals surface area contributed by atoms with Gasteiger partial charge in [-0.25, -0.2) is 4.79 Å². The summed E-state index contributed by atoms with van der Waals surface area (Å²) in [6.07, 6.45) is 0. The van der Waals surface area contributed by atoms with Crippen LogP contribution in [0.3, 0.4) is 0 Å². The van der Waals surface area contributed by atoms with Crippen LogP contribution < -0.4 is 16.6 Å². The van der Waals surface area contributed by atoms with E-state index in [1.165, 1.54) is 0 Å². The van der Waals surface area contributed by atoms with E-state index in [0.29, 0.717) is 10.7 Å². The van der Waals surface area contributed by atoms with E-state index in [1.807, 2.05) is 30.3 Å². The monoisotopic (exact) mass is 398 g/mol. The summed E-state index contributed by atoms with van der Waals surface area (Å²) in [4.78, 5) is 38.0. The molecule has 28 heavy (non-hydrogen) atoms. The van der Waals surface area contributed by atoms with Crippen LogP contribution in [0.4, 0.5) is 0 Å². The number of rotatable bonds is 5. The highest BCUT2D eigenvalue weighted by molar-refractivity contribution is 6.30. The Balaban J connectivity index is 2.04. The van der Waals surface area contributed by atoms with E-state index in [9.17, 15) is 14.4 Å². The molecule has 2 aromatic carbocycles. The topological polar surface area (TPSA) is 86.0 Å². The largest absolute Gasteiger partial charge is 0.352 e. The van der Waals surface area contributed by atoms with Gasteiger partial charge in [0.05, 0.1) is 11.7 Å². The van der Waals surface area contributed by atoms with Crippen LogP contribution in [-0.4, -0.2) is 20.3 Å². The van der Waals surface area contributed by atoms with Gasteiger partial charge in [0, 0.05) is 11.6 Å². The van der Waals surface area contributed by atoms with E-state index in [-0.39, 0.29) is 18.3 Å². The Morgan fingerprint density at radius 3 is 2.36 bits per heavy atom. The van der Waals surface area contributed by atoms with Crippen molar-refractivity contribution in [3.63, 3.8) is 0 Å². The third-order valence-electron chi connectivity index (χ3n) is 4.31. The molecule has 1 amide bonds. The van der Waals surface area contributed by atoms with Crippen LogP contribution in [-0.2, 0) is 6.54 Å². The van der Waals surface area contributed by atoms with E-state index in [2.05, 4.69) is 10.4 Å². The zero-order valence-corrected chi connectivity index (χ0v) is 16.2. The molecule has 7 nitrogen and oxygen atoms in total. The average molecular weight is 399 g/mol. The molecule has 144 valence electrons. The summed E-state index contributed by atoms with van der Waals surface area (Å²) in [5, 5.41) is 7.30. The van der Waals surface area contributed by atoms with Crippen molar-refractivity contribution in [3.8, 4) is 5.69 Å². The van der Waals surface area contributed by atoms with E-state index in [1.54, 1.807) is 38.1 Å². The maximum absolute atomic E-state index is 12.7. The third-order valence-corrected chi connectivity index (χ3v) is 4.56. The van der Waals surface area contributed by atoms with Crippen LogP contribution in [0.5, 0.6) is 0 Å². The molecule has 3 rings (SSSR count). The first-order valence-electron chi connectivity index (χ1n) is 8.78. The predicted molar refractivity (Wildman–Crippen MR) is 107 cm³/mol. The lowest BCUT2D eigenvalue weighted by Gasteiger charge is -2.15. The van der Waals surface area contributed by atoms with Gasteiger partial charge in [0.15, 0.2) is 0 Å². The van der Waals surface area contributed by atoms with Crippen molar-refractivity contribution in [2.24, 2.45) is 0 Å². The molecule has 0 unspecified atom stereocenters. The maximum atomic E-state index is 12.7. The Hall–Kier alpha value is -3.19. The van der Waals surface area contributed by atoms with Gasteiger partial charge in [-0.05, 0) is 43.7 Å². The third kappa shape index (κ3) is 3.89. The van der Waals surface area contributed by atoms with Gasteiger partial charge in [-0.3, -0.25) is 14.2 Å². The highest BCUT2D eigenvalue weighted by Crippen LogP contribution is 2.12. The summed E-state index contributed by atoms with van der Waals surface area (Å²) in [5.74, 6) is -0.647. The minimum absolute atomic E-state index is 0.113. The lowest BCUT2D eigenvalue weighted by atomic mass is 10.1. The van der Waals surface area contributed by atoms with Gasteiger partial charge in [-0.15, -0.1) is 0 Å². The first-order chi connectivity index (χ1) is 13.4. The number of amides is 1. The minimum Gasteiger partial charge on any atom is -0.344 e. The van der Waals surface area contributed by atoms with Crippen molar-refractivity contribution in [2.75, 3.05) is 0 Å². The zero-order valence-electron chi connectivity index (χ0n) is 15.4. The molecule has 0 aliphatic rings. The van der Waals surface area contributed by atoms with Gasteiger partial charge in [0.25, 0.3) is 11.5 Å². The Morgan fingerprint density at radius 1 is 1.11 bits per heavy atom. The summed E-state index contributed by atoms with van der Waals surface area (Å²) in [7, 11) is 0. The van der Waals surface area contributed by atoms with Crippen LogP contribution in [0.15, 0.2) is 64.2 Å². The number of hydrogen-bond acceptors (Lipinski definition) is 4. The van der Waals surface area contributed by atoms with Gasteiger partial charge in [0.2, 0.25) is 5.69 Å². The first kappa shape index (κ1) is 19.6. The second kappa shape index (κ2) is 8.22. The fourth-order valence-electron chi connectivity index (χ4n) is 2.78. The summed E-state index contributed by atoms with van der Waals surface area (Å²) < 4.78 is 2.01. The van der Waals surface area contributed by atoms with Gasteiger partial charge in [-0.2, -0.15) is 9.78 Å². The van der Waals surface area contributed by atoms with Crippen LogP contribution in [0.2, 0.25) is 5.02 Å². The average Bonchev–Trinajstić information content (AvgIpc) is 2.70. The molecule has 0 spiro atoms. The second-order valence-electron chi connectivity index (χ2n) is 6.17. The Labute approximate surface area is 166 Å². The van der Waals surface area contributed by atoms with Gasteiger partial charge in [-0.1, -0.05) is 41.9 Å².